The average Bonchev–Trinajstić information content (AvgIpc) is 3.00. The fraction of sp³-hybridized carbons (Fsp3) is 0.333. The molecule has 3 rings (SSSR count). The summed E-state index contributed by atoms with van der Waals surface area (Å²) in [5.41, 5.74) is -0.217. The zero-order valence-corrected chi connectivity index (χ0v) is 15.3. The van der Waals surface area contributed by atoms with Crippen molar-refractivity contribution < 1.29 is 18.7 Å². The number of nitrogens with zero attached hydrogens (tertiary/aromatic N) is 2. The van der Waals surface area contributed by atoms with Gasteiger partial charge in [-0.05, 0) is 24.6 Å². The molecule has 1 N–H and O–H groups in total. The number of anilines is 1. The lowest BCUT2D eigenvalue weighted by molar-refractivity contribution is -0.114. The maximum absolute atomic E-state index is 14.4. The first-order valence-electron chi connectivity index (χ1n) is 8.32. The molecule has 1 aliphatic rings. The highest BCUT2D eigenvalue weighted by atomic mass is 32.2. The van der Waals surface area contributed by atoms with Crippen LogP contribution >= 0.6 is 11.8 Å². The Morgan fingerprint density at radius 2 is 2.07 bits per heavy atom. The molecule has 2 heterocycles. The molecule has 1 amide bonds. The summed E-state index contributed by atoms with van der Waals surface area (Å²) >= 11 is 1.23. The van der Waals surface area contributed by atoms with Crippen LogP contribution in [0.15, 0.2) is 47.4 Å². The summed E-state index contributed by atoms with van der Waals surface area (Å²) in [6.45, 7) is 1.36. The molecule has 2 aromatic rings. The van der Waals surface area contributed by atoms with Crippen LogP contribution in [-0.2, 0) is 9.53 Å². The number of carbonyl (C=O) groups excluding carboxylic acids is 2. The number of esters is 1. The van der Waals surface area contributed by atoms with Crippen LogP contribution in [0, 0.1) is 0 Å². The highest BCUT2D eigenvalue weighted by Gasteiger charge is 2.37. The Bertz CT molecular complexity index is 890. The van der Waals surface area contributed by atoms with E-state index in [0.717, 1.165) is 0 Å². The predicted octanol–water partition coefficient (Wildman–Crippen LogP) is 2.40. The number of amides is 1. The van der Waals surface area contributed by atoms with Gasteiger partial charge in [-0.1, -0.05) is 18.2 Å². The van der Waals surface area contributed by atoms with Gasteiger partial charge < -0.3 is 10.1 Å². The third kappa shape index (κ3) is 4.73. The van der Waals surface area contributed by atoms with Gasteiger partial charge in [-0.15, -0.1) is 11.8 Å². The summed E-state index contributed by atoms with van der Waals surface area (Å²) in [5, 5.41) is 1.39. The molecule has 3 atom stereocenters. The summed E-state index contributed by atoms with van der Waals surface area (Å²) < 4.78 is 20.9. The van der Waals surface area contributed by atoms with Gasteiger partial charge in [-0.3, -0.25) is 9.36 Å². The number of hydrogen-bond donors (Lipinski definition) is 1. The molecule has 27 heavy (non-hydrogen) atoms. The van der Waals surface area contributed by atoms with Crippen LogP contribution in [0.25, 0.3) is 0 Å². The lowest BCUT2D eigenvalue weighted by Gasteiger charge is -2.15. The minimum atomic E-state index is -1.28. The fourth-order valence-corrected chi connectivity index (χ4v) is 4.14. The van der Waals surface area contributed by atoms with Gasteiger partial charge in [-0.25, -0.2) is 14.0 Å². The van der Waals surface area contributed by atoms with E-state index in [1.807, 2.05) is 0 Å². The van der Waals surface area contributed by atoms with Gasteiger partial charge >= 0.3 is 11.7 Å². The Labute approximate surface area is 158 Å². The minimum Gasteiger partial charge on any atom is -0.461 e. The van der Waals surface area contributed by atoms with E-state index in [1.165, 1.54) is 35.5 Å². The summed E-state index contributed by atoms with van der Waals surface area (Å²) in [6, 6.07) is 10.0. The summed E-state index contributed by atoms with van der Waals surface area (Å²) in [6.07, 6.45) is 0.294. The van der Waals surface area contributed by atoms with Crippen molar-refractivity contribution in [2.45, 2.75) is 30.1 Å². The van der Waals surface area contributed by atoms with Crippen molar-refractivity contribution in [2.75, 3.05) is 11.9 Å². The standard InChI is InChI=1S/C18H18FN3O4S/c1-11(23)20-15-7-8-22(18(25)21-15)16-14(19)9-13(27-16)10-26-17(24)12-5-3-2-4-6-12/h2-8,13-14,16H,9-10H2,1H3,(H,20,21,23,25)/t13-,14-,16+/m0/s1. The maximum Gasteiger partial charge on any atom is 0.350 e. The van der Waals surface area contributed by atoms with Crippen molar-refractivity contribution in [1.29, 1.82) is 0 Å². The van der Waals surface area contributed by atoms with Crippen LogP contribution in [0.4, 0.5) is 10.2 Å². The molecule has 1 aromatic heterocycles. The van der Waals surface area contributed by atoms with Crippen molar-refractivity contribution in [3.8, 4) is 0 Å². The normalized spacial score (nSPS) is 21.6. The molecule has 1 aliphatic heterocycles. The molecule has 7 nitrogen and oxygen atoms in total. The van der Waals surface area contributed by atoms with Gasteiger partial charge in [0.15, 0.2) is 0 Å². The van der Waals surface area contributed by atoms with Gasteiger partial charge in [0, 0.05) is 18.4 Å². The molecule has 0 spiro atoms. The Morgan fingerprint density at radius 1 is 1.33 bits per heavy atom. The number of benzene rings is 1. The number of hydrogen-bond acceptors (Lipinski definition) is 6. The zero-order chi connectivity index (χ0) is 19.4. The first-order chi connectivity index (χ1) is 12.9. The SMILES string of the molecule is CC(=O)Nc1ccn([C@@H]2S[C@H](COC(=O)c3ccccc3)C[C@@H]2F)c(=O)n1. The quantitative estimate of drug-likeness (QED) is 0.787. The van der Waals surface area contributed by atoms with Crippen LogP contribution in [0.3, 0.4) is 0 Å². The first kappa shape index (κ1) is 19.1. The van der Waals surface area contributed by atoms with Crippen molar-refractivity contribution in [2.24, 2.45) is 0 Å². The van der Waals surface area contributed by atoms with E-state index < -0.39 is 23.2 Å². The van der Waals surface area contributed by atoms with E-state index in [-0.39, 0.29) is 30.0 Å². The number of alkyl halides is 1. The van der Waals surface area contributed by atoms with Gasteiger partial charge in [0.05, 0.1) is 5.56 Å². The van der Waals surface area contributed by atoms with Crippen molar-refractivity contribution in [1.82, 2.24) is 9.55 Å². The smallest absolute Gasteiger partial charge is 0.350 e. The number of ether oxygens (including phenoxy) is 1. The average molecular weight is 391 g/mol. The minimum absolute atomic E-state index is 0.0570. The molecule has 1 aromatic carbocycles. The number of aromatic nitrogens is 2. The second kappa shape index (κ2) is 8.34. The van der Waals surface area contributed by atoms with Gasteiger partial charge in [0.2, 0.25) is 5.91 Å². The van der Waals surface area contributed by atoms with Crippen LogP contribution in [0.1, 0.15) is 29.1 Å². The van der Waals surface area contributed by atoms with E-state index in [4.69, 9.17) is 4.74 Å². The molecule has 1 saturated heterocycles. The van der Waals surface area contributed by atoms with Crippen molar-refractivity contribution in [3.05, 3.63) is 58.6 Å². The third-order valence-electron chi connectivity index (χ3n) is 3.95. The van der Waals surface area contributed by atoms with Gasteiger partial charge in [0.1, 0.15) is 24.0 Å². The van der Waals surface area contributed by atoms with Crippen LogP contribution in [0.5, 0.6) is 0 Å². The first-order valence-corrected chi connectivity index (χ1v) is 9.27. The fourth-order valence-electron chi connectivity index (χ4n) is 2.74. The Hall–Kier alpha value is -2.68. The Kier molecular flexibility index (Phi) is 5.90. The maximum atomic E-state index is 14.4. The third-order valence-corrected chi connectivity index (χ3v) is 5.46. The monoisotopic (exact) mass is 391 g/mol. The number of halogens is 1. The predicted molar refractivity (Wildman–Crippen MR) is 99.5 cm³/mol. The molecule has 0 bridgehead atoms. The molecule has 0 saturated carbocycles. The Morgan fingerprint density at radius 3 is 2.74 bits per heavy atom. The molecular formula is C18H18FN3O4S. The molecule has 0 unspecified atom stereocenters. The lowest BCUT2D eigenvalue weighted by Crippen LogP contribution is -2.28. The second-order valence-electron chi connectivity index (χ2n) is 6.05. The number of rotatable bonds is 5. The summed E-state index contributed by atoms with van der Waals surface area (Å²) in [4.78, 5) is 38.9. The molecule has 142 valence electrons. The lowest BCUT2D eigenvalue weighted by atomic mass is 10.2. The summed E-state index contributed by atoms with van der Waals surface area (Å²) in [5.74, 6) is -0.692. The van der Waals surface area contributed by atoms with E-state index in [1.54, 1.807) is 30.3 Å². The number of thioether (sulfide) groups is 1. The van der Waals surface area contributed by atoms with E-state index in [2.05, 4.69) is 10.3 Å². The molecule has 0 aliphatic carbocycles. The topological polar surface area (TPSA) is 90.3 Å². The van der Waals surface area contributed by atoms with Crippen LogP contribution in [-0.4, -0.2) is 39.5 Å². The summed E-state index contributed by atoms with van der Waals surface area (Å²) in [7, 11) is 0. The van der Waals surface area contributed by atoms with Crippen LogP contribution in [0.2, 0.25) is 0 Å². The highest BCUT2D eigenvalue weighted by molar-refractivity contribution is 8.00. The van der Waals surface area contributed by atoms with Gasteiger partial charge in [-0.2, -0.15) is 4.98 Å². The molecule has 9 heteroatoms. The van der Waals surface area contributed by atoms with Crippen molar-refractivity contribution in [3.63, 3.8) is 0 Å². The van der Waals surface area contributed by atoms with Crippen molar-refractivity contribution >= 4 is 29.5 Å². The van der Waals surface area contributed by atoms with Crippen LogP contribution < -0.4 is 11.0 Å². The molecule has 0 radical (unpaired) electrons. The Balaban J connectivity index is 1.62. The second-order valence-corrected chi connectivity index (χ2v) is 7.47. The van der Waals surface area contributed by atoms with Gasteiger partial charge in [0.25, 0.3) is 0 Å². The number of nitrogens with one attached hydrogen (secondary N) is 1. The number of carbonyl (C=O) groups is 2. The largest absolute Gasteiger partial charge is 0.461 e. The highest BCUT2D eigenvalue weighted by Crippen LogP contribution is 2.42. The van der Waals surface area contributed by atoms with E-state index in [0.29, 0.717) is 5.56 Å². The van der Waals surface area contributed by atoms with E-state index in [9.17, 15) is 18.8 Å². The molecular weight excluding hydrogens is 373 g/mol. The molecule has 1 fully saturated rings. The van der Waals surface area contributed by atoms with E-state index >= 15 is 0 Å². The zero-order valence-electron chi connectivity index (χ0n) is 14.5.